The molecule has 0 aliphatic heterocycles. The summed E-state index contributed by atoms with van der Waals surface area (Å²) in [6.07, 6.45) is 4.51. The molecule has 0 spiro atoms. The summed E-state index contributed by atoms with van der Waals surface area (Å²) in [5.41, 5.74) is 1.58. The highest BCUT2D eigenvalue weighted by molar-refractivity contribution is 5.63. The lowest BCUT2D eigenvalue weighted by atomic mass is 9.97. The molecule has 1 aromatic heterocycles. The maximum atomic E-state index is 10.9. The molecular weight excluding hydrogens is 178 g/mol. The van der Waals surface area contributed by atoms with Crippen molar-refractivity contribution in [3.05, 3.63) is 29.6 Å². The molecule has 3 heteroatoms. The predicted molar refractivity (Wildman–Crippen MR) is 51.9 cm³/mol. The normalized spacial score (nSPS) is 26.4. The lowest BCUT2D eigenvalue weighted by Gasteiger charge is -2.11. The topological polar surface area (TPSA) is 50.2 Å². The molecule has 1 aliphatic carbocycles. The molecule has 1 unspecified atom stereocenters. The van der Waals surface area contributed by atoms with Gasteiger partial charge in [-0.3, -0.25) is 4.98 Å². The molecule has 2 rings (SSSR count). The predicted octanol–water partition coefficient (Wildman–Crippen LogP) is 1.58. The first-order valence-electron chi connectivity index (χ1n) is 4.91. The number of carbonyl (C=O) groups is 1. The van der Waals surface area contributed by atoms with Crippen molar-refractivity contribution in [3.8, 4) is 0 Å². The number of carbonyl (C=O) groups excluding carboxylic acids is 1. The molecule has 0 aromatic carbocycles. The van der Waals surface area contributed by atoms with E-state index in [-0.39, 0.29) is 5.92 Å². The van der Waals surface area contributed by atoms with Gasteiger partial charge in [0.2, 0.25) is 0 Å². The third-order valence-electron chi connectivity index (χ3n) is 2.74. The van der Waals surface area contributed by atoms with Crippen molar-refractivity contribution in [3.63, 3.8) is 0 Å². The Hall–Kier alpha value is -1.22. The number of pyridine rings is 1. The van der Waals surface area contributed by atoms with Crippen molar-refractivity contribution in [2.75, 3.05) is 0 Å². The Kier molecular flexibility index (Phi) is 2.59. The van der Waals surface area contributed by atoms with Crippen LogP contribution in [-0.4, -0.2) is 16.4 Å². The van der Waals surface area contributed by atoms with Gasteiger partial charge in [0.15, 0.2) is 0 Å². The largest absolute Gasteiger partial charge is 0.387 e. The van der Waals surface area contributed by atoms with Gasteiger partial charge < -0.3 is 9.90 Å². The zero-order chi connectivity index (χ0) is 9.97. The van der Waals surface area contributed by atoms with Crippen molar-refractivity contribution in [1.29, 1.82) is 0 Å². The van der Waals surface area contributed by atoms with E-state index in [1.807, 2.05) is 12.1 Å². The van der Waals surface area contributed by atoms with Gasteiger partial charge in [-0.15, -0.1) is 0 Å². The molecule has 1 N–H and O–H groups in total. The van der Waals surface area contributed by atoms with Gasteiger partial charge in [0.1, 0.15) is 6.29 Å². The maximum Gasteiger partial charge on any atom is 0.127 e. The molecule has 1 aliphatic rings. The van der Waals surface area contributed by atoms with E-state index in [4.69, 9.17) is 0 Å². The van der Waals surface area contributed by atoms with E-state index in [1.54, 1.807) is 6.20 Å². The van der Waals surface area contributed by atoms with E-state index in [2.05, 4.69) is 4.98 Å². The molecular formula is C11H13NO2. The fourth-order valence-electron chi connectivity index (χ4n) is 1.99. The first-order chi connectivity index (χ1) is 6.83. The Morgan fingerprint density at radius 2 is 2.36 bits per heavy atom. The van der Waals surface area contributed by atoms with Crippen molar-refractivity contribution in [2.24, 2.45) is 0 Å². The summed E-state index contributed by atoms with van der Waals surface area (Å²) in [7, 11) is 0. The van der Waals surface area contributed by atoms with Gasteiger partial charge in [0, 0.05) is 12.1 Å². The smallest absolute Gasteiger partial charge is 0.127 e. The van der Waals surface area contributed by atoms with Gasteiger partial charge in [0.25, 0.3) is 0 Å². The van der Waals surface area contributed by atoms with Crippen molar-refractivity contribution >= 4 is 6.29 Å². The van der Waals surface area contributed by atoms with Crippen LogP contribution in [0.4, 0.5) is 0 Å². The molecule has 0 bridgehead atoms. The highest BCUT2D eigenvalue weighted by atomic mass is 16.3. The number of aliphatic hydroxyl groups is 1. The van der Waals surface area contributed by atoms with E-state index in [0.29, 0.717) is 12.1 Å². The minimum atomic E-state index is -0.504. The third kappa shape index (κ3) is 1.55. The van der Waals surface area contributed by atoms with E-state index >= 15 is 0 Å². The van der Waals surface area contributed by atoms with Gasteiger partial charge >= 0.3 is 0 Å². The average molecular weight is 191 g/mol. The average Bonchev–Trinajstić information content (AvgIpc) is 2.39. The van der Waals surface area contributed by atoms with E-state index in [0.717, 1.165) is 24.7 Å². The number of hydrogen-bond donors (Lipinski definition) is 1. The molecule has 2 atom stereocenters. The first kappa shape index (κ1) is 9.34. The van der Waals surface area contributed by atoms with Crippen LogP contribution < -0.4 is 0 Å². The van der Waals surface area contributed by atoms with Crippen LogP contribution in [0.25, 0.3) is 0 Å². The van der Waals surface area contributed by atoms with Gasteiger partial charge in [-0.25, -0.2) is 0 Å². The summed E-state index contributed by atoms with van der Waals surface area (Å²) < 4.78 is 0. The van der Waals surface area contributed by atoms with E-state index < -0.39 is 6.10 Å². The van der Waals surface area contributed by atoms with Gasteiger partial charge in [-0.2, -0.15) is 0 Å². The Balaban J connectivity index is 2.46. The number of fused-ring (bicyclic) bond motifs is 1. The Morgan fingerprint density at radius 1 is 1.50 bits per heavy atom. The summed E-state index contributed by atoms with van der Waals surface area (Å²) in [5, 5.41) is 9.78. The van der Waals surface area contributed by atoms with Crippen LogP contribution >= 0.6 is 0 Å². The molecule has 0 amide bonds. The molecule has 74 valence electrons. The van der Waals surface area contributed by atoms with Crippen molar-refractivity contribution in [1.82, 2.24) is 4.98 Å². The van der Waals surface area contributed by atoms with Crippen molar-refractivity contribution < 1.29 is 9.90 Å². The van der Waals surface area contributed by atoms with Crippen LogP contribution in [0, 0.1) is 0 Å². The second-order valence-corrected chi connectivity index (χ2v) is 3.67. The Bertz CT molecular complexity index is 338. The minimum Gasteiger partial charge on any atom is -0.387 e. The molecule has 0 fully saturated rings. The number of rotatable bonds is 1. The summed E-state index contributed by atoms with van der Waals surface area (Å²) >= 11 is 0. The number of hydrogen-bond acceptors (Lipinski definition) is 3. The zero-order valence-electron chi connectivity index (χ0n) is 7.89. The maximum absolute atomic E-state index is 10.9. The number of aromatic nitrogens is 1. The lowest BCUT2D eigenvalue weighted by Crippen LogP contribution is -2.05. The van der Waals surface area contributed by atoms with Gasteiger partial charge in [-0.1, -0.05) is 6.07 Å². The molecule has 3 nitrogen and oxygen atoms in total. The van der Waals surface area contributed by atoms with Crippen LogP contribution in [0.2, 0.25) is 0 Å². The zero-order valence-corrected chi connectivity index (χ0v) is 7.89. The summed E-state index contributed by atoms with van der Waals surface area (Å²) in [5.74, 6) is -0.0872. The molecule has 0 saturated carbocycles. The van der Waals surface area contributed by atoms with Crippen LogP contribution in [0.3, 0.4) is 0 Å². The molecule has 0 radical (unpaired) electrons. The minimum absolute atomic E-state index is 0.0872. The summed E-state index contributed by atoms with van der Waals surface area (Å²) in [6, 6.07) is 3.70. The highest BCUT2D eigenvalue weighted by Gasteiger charge is 2.23. The number of aliphatic hydroxyl groups excluding tert-OH is 1. The Morgan fingerprint density at radius 3 is 3.14 bits per heavy atom. The van der Waals surface area contributed by atoms with E-state index in [1.165, 1.54) is 0 Å². The van der Waals surface area contributed by atoms with E-state index in [9.17, 15) is 9.90 Å². The molecule has 14 heavy (non-hydrogen) atoms. The van der Waals surface area contributed by atoms with Gasteiger partial charge in [0.05, 0.1) is 11.8 Å². The Labute approximate surface area is 82.8 Å². The second kappa shape index (κ2) is 3.88. The SMILES string of the molecule is O=CC1CCC[C@@H](O)c2ncccc21. The molecule has 1 aromatic rings. The monoisotopic (exact) mass is 191 g/mol. The fourth-order valence-corrected chi connectivity index (χ4v) is 1.99. The first-order valence-corrected chi connectivity index (χ1v) is 4.91. The summed E-state index contributed by atoms with van der Waals surface area (Å²) in [6.45, 7) is 0. The lowest BCUT2D eigenvalue weighted by molar-refractivity contribution is -0.109. The van der Waals surface area contributed by atoms with Crippen LogP contribution in [-0.2, 0) is 4.79 Å². The van der Waals surface area contributed by atoms with Crippen LogP contribution in [0.15, 0.2) is 18.3 Å². The van der Waals surface area contributed by atoms with Crippen LogP contribution in [0.1, 0.15) is 42.5 Å². The third-order valence-corrected chi connectivity index (χ3v) is 2.74. The van der Waals surface area contributed by atoms with Crippen molar-refractivity contribution in [2.45, 2.75) is 31.3 Å². The number of aldehydes is 1. The number of nitrogens with zero attached hydrogens (tertiary/aromatic N) is 1. The summed E-state index contributed by atoms with van der Waals surface area (Å²) in [4.78, 5) is 15.0. The fraction of sp³-hybridized carbons (Fsp3) is 0.455. The standard InChI is InChI=1S/C11H13NO2/c13-7-8-3-1-5-10(14)11-9(8)4-2-6-12-11/h2,4,6-8,10,14H,1,3,5H2/t8?,10-/m1/s1. The molecule has 0 saturated heterocycles. The molecule has 1 heterocycles. The second-order valence-electron chi connectivity index (χ2n) is 3.67. The van der Waals surface area contributed by atoms with Gasteiger partial charge in [-0.05, 0) is 30.9 Å². The highest BCUT2D eigenvalue weighted by Crippen LogP contribution is 2.32. The van der Waals surface area contributed by atoms with Crippen LogP contribution in [0.5, 0.6) is 0 Å². The quantitative estimate of drug-likeness (QED) is 0.541.